The molecule has 4 heterocycles. The van der Waals surface area contributed by atoms with Gasteiger partial charge in [0.1, 0.15) is 5.69 Å². The minimum Gasteiger partial charge on any atom is -0.376 e. The Bertz CT molecular complexity index is 774. The smallest absolute Gasteiger partial charge is 0.272 e. The molecule has 4 rings (SSSR count). The molecule has 8 nitrogen and oxygen atoms in total. The van der Waals surface area contributed by atoms with Gasteiger partial charge in [-0.3, -0.25) is 9.48 Å². The molecule has 1 amide bonds. The number of aromatic nitrogens is 4. The molecule has 8 heteroatoms. The molecule has 2 aromatic rings. The topological polar surface area (TPSA) is 85.2 Å². The van der Waals surface area contributed by atoms with Crippen LogP contribution < -0.4 is 10.2 Å². The molecule has 132 valence electrons. The third kappa shape index (κ3) is 3.48. The van der Waals surface area contributed by atoms with Crippen LogP contribution in [0.5, 0.6) is 0 Å². The quantitative estimate of drug-likeness (QED) is 0.883. The highest BCUT2D eigenvalue weighted by atomic mass is 16.5. The van der Waals surface area contributed by atoms with Gasteiger partial charge in [-0.05, 0) is 18.9 Å². The molecule has 2 aliphatic rings. The predicted octanol–water partition coefficient (Wildman–Crippen LogP) is 0.682. The van der Waals surface area contributed by atoms with Crippen LogP contribution >= 0.6 is 0 Å². The summed E-state index contributed by atoms with van der Waals surface area (Å²) >= 11 is 0. The maximum Gasteiger partial charge on any atom is 0.272 e. The molecule has 0 unspecified atom stereocenters. The van der Waals surface area contributed by atoms with E-state index in [1.807, 2.05) is 6.20 Å². The molecule has 1 atom stereocenters. The number of nitrogens with zero attached hydrogens (tertiary/aromatic N) is 5. The second kappa shape index (κ2) is 6.79. The second-order valence-corrected chi connectivity index (χ2v) is 6.58. The Morgan fingerprint density at radius 3 is 3.20 bits per heavy atom. The second-order valence-electron chi connectivity index (χ2n) is 6.58. The van der Waals surface area contributed by atoms with Crippen LogP contribution in [-0.2, 0) is 24.8 Å². The lowest BCUT2D eigenvalue weighted by molar-refractivity contribution is 0.0927. The maximum atomic E-state index is 12.3. The van der Waals surface area contributed by atoms with Gasteiger partial charge in [-0.1, -0.05) is 0 Å². The van der Waals surface area contributed by atoms with Gasteiger partial charge in [-0.25, -0.2) is 9.97 Å². The number of ether oxygens (including phenoxy) is 1. The van der Waals surface area contributed by atoms with Crippen molar-refractivity contribution >= 4 is 11.9 Å². The predicted molar refractivity (Wildman–Crippen MR) is 91.3 cm³/mol. The number of carbonyl (C=O) groups is 1. The van der Waals surface area contributed by atoms with Crippen molar-refractivity contribution in [1.82, 2.24) is 25.1 Å². The average Bonchev–Trinajstić information content (AvgIpc) is 3.08. The third-order valence-corrected chi connectivity index (χ3v) is 4.67. The number of rotatable bonds is 3. The van der Waals surface area contributed by atoms with Crippen molar-refractivity contribution in [2.45, 2.75) is 31.9 Å². The summed E-state index contributed by atoms with van der Waals surface area (Å²) in [6, 6.07) is 1.80. The highest BCUT2D eigenvalue weighted by Crippen LogP contribution is 2.20. The van der Waals surface area contributed by atoms with E-state index in [9.17, 15) is 4.79 Å². The van der Waals surface area contributed by atoms with Gasteiger partial charge in [0.05, 0.1) is 18.9 Å². The summed E-state index contributed by atoms with van der Waals surface area (Å²) < 4.78 is 7.07. The van der Waals surface area contributed by atoms with Crippen LogP contribution in [0.3, 0.4) is 0 Å². The van der Waals surface area contributed by atoms with Crippen molar-refractivity contribution in [3.8, 4) is 0 Å². The van der Waals surface area contributed by atoms with Gasteiger partial charge in [0.15, 0.2) is 0 Å². The van der Waals surface area contributed by atoms with E-state index >= 15 is 0 Å². The average molecular weight is 342 g/mol. The van der Waals surface area contributed by atoms with Crippen LogP contribution in [0.2, 0.25) is 0 Å². The summed E-state index contributed by atoms with van der Waals surface area (Å²) in [5, 5.41) is 7.23. The Balaban J connectivity index is 1.43. The fraction of sp³-hybridized carbons (Fsp3) is 0.529. The molecular weight excluding hydrogens is 320 g/mol. The first-order chi connectivity index (χ1) is 12.2. The summed E-state index contributed by atoms with van der Waals surface area (Å²) in [7, 11) is 1.80. The monoisotopic (exact) mass is 342 g/mol. The van der Waals surface area contributed by atoms with E-state index in [1.54, 1.807) is 24.0 Å². The highest BCUT2D eigenvalue weighted by molar-refractivity contribution is 5.92. The number of hydrogen-bond acceptors (Lipinski definition) is 6. The lowest BCUT2D eigenvalue weighted by Gasteiger charge is -2.33. The first kappa shape index (κ1) is 16.0. The highest BCUT2D eigenvalue weighted by Gasteiger charge is 2.25. The van der Waals surface area contributed by atoms with Crippen molar-refractivity contribution in [3.63, 3.8) is 0 Å². The molecule has 0 aromatic carbocycles. The molecule has 1 fully saturated rings. The molecular formula is C17H22N6O2. The van der Waals surface area contributed by atoms with Gasteiger partial charge in [0, 0.05) is 50.6 Å². The Hall–Kier alpha value is -2.48. The molecule has 1 N–H and O–H groups in total. The number of nitrogens with one attached hydrogen (secondary N) is 1. The van der Waals surface area contributed by atoms with Crippen LogP contribution in [0.4, 0.5) is 5.95 Å². The van der Waals surface area contributed by atoms with E-state index in [1.165, 1.54) is 0 Å². The van der Waals surface area contributed by atoms with Crippen molar-refractivity contribution in [3.05, 3.63) is 35.4 Å². The summed E-state index contributed by atoms with van der Waals surface area (Å²) in [6.45, 7) is 2.93. The van der Waals surface area contributed by atoms with E-state index in [0.29, 0.717) is 25.5 Å². The molecule has 0 radical (unpaired) electrons. The normalized spacial score (nSPS) is 20.2. The fourth-order valence-electron chi connectivity index (χ4n) is 3.34. The third-order valence-electron chi connectivity index (χ3n) is 4.67. The lowest BCUT2D eigenvalue weighted by atomic mass is 10.1. The first-order valence-corrected chi connectivity index (χ1v) is 8.67. The van der Waals surface area contributed by atoms with Crippen LogP contribution in [0, 0.1) is 0 Å². The molecule has 0 aliphatic carbocycles. The zero-order valence-corrected chi connectivity index (χ0v) is 14.3. The van der Waals surface area contributed by atoms with Crippen LogP contribution in [0.1, 0.15) is 34.6 Å². The number of amides is 1. The van der Waals surface area contributed by atoms with Gasteiger partial charge in [-0.2, -0.15) is 5.10 Å². The SMILES string of the molecule is Cn1ccc(C(=O)N[C@H]2CCCN(c3ncc4c(n3)CCOC4)C2)n1. The minimum atomic E-state index is -0.129. The molecule has 0 saturated carbocycles. The zero-order chi connectivity index (χ0) is 17.2. The van der Waals surface area contributed by atoms with Crippen LogP contribution in [0.25, 0.3) is 0 Å². The first-order valence-electron chi connectivity index (χ1n) is 8.67. The summed E-state index contributed by atoms with van der Waals surface area (Å²) in [5.74, 6) is 0.619. The largest absolute Gasteiger partial charge is 0.376 e. The lowest BCUT2D eigenvalue weighted by Crippen LogP contribution is -2.48. The van der Waals surface area contributed by atoms with Gasteiger partial charge in [0.2, 0.25) is 5.95 Å². The van der Waals surface area contributed by atoms with Gasteiger partial charge in [0.25, 0.3) is 5.91 Å². The van der Waals surface area contributed by atoms with Crippen molar-refractivity contribution < 1.29 is 9.53 Å². The van der Waals surface area contributed by atoms with Crippen molar-refractivity contribution in [2.75, 3.05) is 24.6 Å². The molecule has 0 spiro atoms. The van der Waals surface area contributed by atoms with E-state index < -0.39 is 0 Å². The number of fused-ring (bicyclic) bond motifs is 1. The molecule has 0 bridgehead atoms. The molecule has 1 saturated heterocycles. The number of aryl methyl sites for hydroxylation is 1. The Morgan fingerprint density at radius 2 is 2.36 bits per heavy atom. The number of carbonyl (C=O) groups excluding carboxylic acids is 1. The Labute approximate surface area is 146 Å². The Morgan fingerprint density at radius 1 is 1.44 bits per heavy atom. The summed E-state index contributed by atoms with van der Waals surface area (Å²) in [5.41, 5.74) is 2.60. The van der Waals surface area contributed by atoms with E-state index in [2.05, 4.69) is 20.3 Å². The number of anilines is 1. The van der Waals surface area contributed by atoms with Gasteiger partial charge < -0.3 is 15.0 Å². The van der Waals surface area contributed by atoms with Gasteiger partial charge in [-0.15, -0.1) is 0 Å². The number of hydrogen-bond donors (Lipinski definition) is 1. The molecule has 2 aromatic heterocycles. The van der Waals surface area contributed by atoms with Crippen LogP contribution in [0.15, 0.2) is 18.5 Å². The fourth-order valence-corrected chi connectivity index (χ4v) is 3.34. The number of piperidine rings is 1. The van der Waals surface area contributed by atoms with E-state index in [-0.39, 0.29) is 11.9 Å². The molecule has 2 aliphatic heterocycles. The van der Waals surface area contributed by atoms with Gasteiger partial charge >= 0.3 is 0 Å². The van der Waals surface area contributed by atoms with Crippen molar-refractivity contribution in [2.24, 2.45) is 7.05 Å². The molecule has 25 heavy (non-hydrogen) atoms. The zero-order valence-electron chi connectivity index (χ0n) is 14.3. The Kier molecular flexibility index (Phi) is 4.35. The summed E-state index contributed by atoms with van der Waals surface area (Å²) in [4.78, 5) is 23.7. The standard InChI is InChI=1S/C17H22N6O2/c1-22-7-4-15(21-22)16(24)19-13-3-2-6-23(10-13)17-18-9-12-11-25-8-5-14(12)20-17/h4,7,9,13H,2-3,5-6,8,10-11H2,1H3,(H,19,24)/t13-/m0/s1. The van der Waals surface area contributed by atoms with E-state index in [0.717, 1.165) is 43.0 Å². The van der Waals surface area contributed by atoms with E-state index in [4.69, 9.17) is 9.72 Å². The van der Waals surface area contributed by atoms with Crippen LogP contribution in [-0.4, -0.2) is 51.4 Å². The van der Waals surface area contributed by atoms with Crippen molar-refractivity contribution in [1.29, 1.82) is 0 Å². The summed E-state index contributed by atoms with van der Waals surface area (Å²) in [6.07, 6.45) is 6.42. The minimum absolute atomic E-state index is 0.0752. The maximum absolute atomic E-state index is 12.3.